The fourth-order valence-corrected chi connectivity index (χ4v) is 4.82. The Morgan fingerprint density at radius 2 is 1.39 bits per heavy atom. The highest BCUT2D eigenvalue weighted by molar-refractivity contribution is 14.1. The van der Waals surface area contributed by atoms with Crippen LogP contribution < -0.4 is 14.2 Å². The third-order valence-corrected chi connectivity index (χ3v) is 6.66. The van der Waals surface area contributed by atoms with Crippen LogP contribution in [0.15, 0.2) is 71.6 Å². The van der Waals surface area contributed by atoms with Gasteiger partial charge in [0.05, 0.1) is 34.8 Å². The average Bonchev–Trinajstić information content (AvgIpc) is 3.00. The van der Waals surface area contributed by atoms with Crippen LogP contribution in [0.5, 0.6) is 17.2 Å². The number of hydrogen-bond donors (Lipinski definition) is 0. The molecule has 6 heteroatoms. The molecule has 142 valence electrons. The quantitative estimate of drug-likeness (QED) is 0.441. The van der Waals surface area contributed by atoms with Crippen LogP contribution in [-0.4, -0.2) is 18.4 Å². The van der Waals surface area contributed by atoms with Crippen molar-refractivity contribution in [2.75, 3.05) is 14.2 Å². The van der Waals surface area contributed by atoms with Crippen molar-refractivity contribution in [2.45, 2.75) is 4.90 Å². The minimum atomic E-state index is -1.38. The third-order valence-electron chi connectivity index (χ3n) is 4.41. The van der Waals surface area contributed by atoms with E-state index in [2.05, 4.69) is 22.6 Å². The van der Waals surface area contributed by atoms with E-state index < -0.39 is 10.8 Å². The van der Waals surface area contributed by atoms with E-state index in [4.69, 9.17) is 14.2 Å². The number of rotatable bonds is 5. The molecule has 3 aromatic carbocycles. The molecule has 0 radical (unpaired) electrons. The molecule has 0 aromatic heterocycles. The average molecular weight is 504 g/mol. The minimum absolute atomic E-state index is 0.599. The Morgan fingerprint density at radius 1 is 0.786 bits per heavy atom. The lowest BCUT2D eigenvalue weighted by molar-refractivity contribution is 0.413. The predicted molar refractivity (Wildman–Crippen MR) is 119 cm³/mol. The van der Waals surface area contributed by atoms with Gasteiger partial charge < -0.3 is 14.2 Å². The van der Waals surface area contributed by atoms with Crippen LogP contribution in [0, 0.1) is 3.57 Å². The largest absolute Gasteiger partial charge is 0.497 e. The topological polar surface area (TPSA) is 44.8 Å². The van der Waals surface area contributed by atoms with Crippen LogP contribution in [0.3, 0.4) is 0 Å². The van der Waals surface area contributed by atoms with Gasteiger partial charge in [0, 0.05) is 9.13 Å². The first-order chi connectivity index (χ1) is 13.6. The van der Waals surface area contributed by atoms with Crippen LogP contribution in [0.2, 0.25) is 0 Å². The molecule has 3 aromatic rings. The molecule has 4 rings (SSSR count). The zero-order chi connectivity index (χ0) is 19.7. The molecule has 0 fully saturated rings. The van der Waals surface area contributed by atoms with Gasteiger partial charge in [-0.25, -0.2) is 4.21 Å². The van der Waals surface area contributed by atoms with Gasteiger partial charge in [0.2, 0.25) is 0 Å². The second-order valence-corrected chi connectivity index (χ2v) is 8.70. The fourth-order valence-electron chi connectivity index (χ4n) is 2.99. The molecule has 0 aliphatic carbocycles. The first kappa shape index (κ1) is 19.0. The van der Waals surface area contributed by atoms with Gasteiger partial charge in [-0.2, -0.15) is 0 Å². The van der Waals surface area contributed by atoms with Gasteiger partial charge >= 0.3 is 0 Å². The van der Waals surface area contributed by atoms with Crippen molar-refractivity contribution in [1.82, 2.24) is 0 Å². The summed E-state index contributed by atoms with van der Waals surface area (Å²) in [6, 6.07) is 20.8. The number of benzene rings is 3. The second-order valence-electron chi connectivity index (χ2n) is 6.07. The molecule has 1 heterocycles. The van der Waals surface area contributed by atoms with Gasteiger partial charge in [-0.1, -0.05) is 0 Å². The Bertz CT molecular complexity index is 1070. The van der Waals surface area contributed by atoms with Crippen LogP contribution >= 0.6 is 22.6 Å². The van der Waals surface area contributed by atoms with Crippen molar-refractivity contribution in [2.24, 2.45) is 0 Å². The van der Waals surface area contributed by atoms with E-state index in [1.807, 2.05) is 60.7 Å². The van der Waals surface area contributed by atoms with E-state index in [1.54, 1.807) is 20.3 Å². The van der Waals surface area contributed by atoms with Crippen LogP contribution in [0.1, 0.15) is 11.1 Å². The summed E-state index contributed by atoms with van der Waals surface area (Å²) < 4.78 is 31.3. The summed E-state index contributed by atoms with van der Waals surface area (Å²) in [6.45, 7) is 0. The van der Waals surface area contributed by atoms with Gasteiger partial charge in [-0.05, 0) is 94.9 Å². The summed E-state index contributed by atoms with van der Waals surface area (Å²) in [4.78, 5) is 1.33. The molecule has 28 heavy (non-hydrogen) atoms. The van der Waals surface area contributed by atoms with Crippen molar-refractivity contribution >= 4 is 44.1 Å². The summed E-state index contributed by atoms with van der Waals surface area (Å²) in [7, 11) is 1.84. The number of methoxy groups -OCH3 is 2. The molecule has 0 N–H and O–H groups in total. The Kier molecular flexibility index (Phi) is 5.41. The zero-order valence-electron chi connectivity index (χ0n) is 15.3. The summed E-state index contributed by atoms with van der Waals surface area (Å²) >= 11 is 2.25. The lowest BCUT2D eigenvalue weighted by Gasteiger charge is -2.11. The van der Waals surface area contributed by atoms with Crippen molar-refractivity contribution in [1.29, 1.82) is 0 Å². The summed E-state index contributed by atoms with van der Waals surface area (Å²) in [6.07, 6.45) is 0. The van der Waals surface area contributed by atoms with Gasteiger partial charge in [-0.3, -0.25) is 0 Å². The van der Waals surface area contributed by atoms with Gasteiger partial charge in [0.15, 0.2) is 5.76 Å². The molecule has 4 nitrogen and oxygen atoms in total. The molecular formula is C22H17IO4S. The fraction of sp³-hybridized carbons (Fsp3) is 0.0909. The number of fused-ring (bicyclic) bond motifs is 1. The lowest BCUT2D eigenvalue weighted by atomic mass is 10.1. The molecule has 0 spiro atoms. The van der Waals surface area contributed by atoms with Crippen molar-refractivity contribution < 1.29 is 18.4 Å². The zero-order valence-corrected chi connectivity index (χ0v) is 18.2. The molecular weight excluding hydrogens is 487 g/mol. The third kappa shape index (κ3) is 3.54. The first-order valence-electron chi connectivity index (χ1n) is 8.53. The smallest absolute Gasteiger partial charge is 0.152 e. The molecule has 0 amide bonds. The molecule has 0 saturated heterocycles. The standard InChI is InChI=1S/C22H17IO4S/c1-25-16-7-3-14(4-8-16)22-21(27-17-9-5-15(23)6-10-17)19-12-11-18(26-2)13-20(19)28(22)24/h3-13H,1-2H3. The van der Waals surface area contributed by atoms with Gasteiger partial charge in [0.25, 0.3) is 0 Å². The van der Waals surface area contributed by atoms with E-state index in [9.17, 15) is 4.21 Å². The van der Waals surface area contributed by atoms with Crippen molar-refractivity contribution in [3.8, 4) is 17.2 Å². The predicted octanol–water partition coefficient (Wildman–Crippen LogP) is 5.33. The second kappa shape index (κ2) is 7.97. The molecule has 0 saturated carbocycles. The van der Waals surface area contributed by atoms with Crippen LogP contribution in [0.4, 0.5) is 0 Å². The maximum absolute atomic E-state index is 13.4. The Balaban J connectivity index is 1.85. The van der Waals surface area contributed by atoms with Crippen LogP contribution in [0.25, 0.3) is 10.7 Å². The van der Waals surface area contributed by atoms with Gasteiger partial charge in [0.1, 0.15) is 17.2 Å². The normalized spacial score (nSPS) is 15.3. The molecule has 0 bridgehead atoms. The highest BCUT2D eigenvalue weighted by Gasteiger charge is 2.32. The van der Waals surface area contributed by atoms with E-state index in [-0.39, 0.29) is 0 Å². The monoisotopic (exact) mass is 504 g/mol. The summed E-state index contributed by atoms with van der Waals surface area (Å²) in [5.41, 5.74) is 1.64. The maximum atomic E-state index is 13.4. The maximum Gasteiger partial charge on any atom is 0.152 e. The van der Waals surface area contributed by atoms with Crippen LogP contribution in [-0.2, 0) is 10.8 Å². The van der Waals surface area contributed by atoms with Gasteiger partial charge in [-0.15, -0.1) is 0 Å². The SMILES string of the molecule is COc1ccc(C2=C(Oc3ccc(I)cc3)c3ccc(OC)cc3S2=O)cc1. The number of ether oxygens (including phenoxy) is 3. The molecule has 1 unspecified atom stereocenters. The summed E-state index contributed by atoms with van der Waals surface area (Å²) in [5, 5.41) is 0. The Labute approximate surface area is 179 Å². The van der Waals surface area contributed by atoms with E-state index >= 15 is 0 Å². The lowest BCUT2D eigenvalue weighted by Crippen LogP contribution is -1.97. The molecule has 1 atom stereocenters. The van der Waals surface area contributed by atoms with Crippen molar-refractivity contribution in [3.63, 3.8) is 0 Å². The van der Waals surface area contributed by atoms with E-state index in [0.717, 1.165) is 20.4 Å². The van der Waals surface area contributed by atoms with E-state index in [1.165, 1.54) is 0 Å². The molecule has 1 aliphatic rings. The molecule has 1 aliphatic heterocycles. The Hall–Kier alpha value is -2.32. The first-order valence-corrected chi connectivity index (χ1v) is 10.8. The number of hydrogen-bond acceptors (Lipinski definition) is 4. The minimum Gasteiger partial charge on any atom is -0.497 e. The van der Waals surface area contributed by atoms with E-state index in [0.29, 0.717) is 27.1 Å². The highest BCUT2D eigenvalue weighted by atomic mass is 127. The van der Waals surface area contributed by atoms with Crippen molar-refractivity contribution in [3.05, 3.63) is 81.4 Å². The number of halogens is 1. The summed E-state index contributed by atoms with van der Waals surface area (Å²) in [5.74, 6) is 2.70. The highest BCUT2D eigenvalue weighted by Crippen LogP contribution is 2.44. The Morgan fingerprint density at radius 3 is 2.04 bits per heavy atom.